The third-order valence-corrected chi connectivity index (χ3v) is 3.21. The van der Waals surface area contributed by atoms with Crippen LogP contribution < -0.4 is 15.2 Å². The molecule has 0 radical (unpaired) electrons. The highest BCUT2D eigenvalue weighted by Crippen LogP contribution is 2.23. The minimum Gasteiger partial charge on any atom is -0.497 e. The van der Waals surface area contributed by atoms with Crippen molar-refractivity contribution in [1.82, 2.24) is 4.90 Å². The number of amidine groups is 1. The summed E-state index contributed by atoms with van der Waals surface area (Å²) in [7, 11) is 4.70. The fourth-order valence-corrected chi connectivity index (χ4v) is 1.82. The molecule has 1 rings (SSSR count). The van der Waals surface area contributed by atoms with Gasteiger partial charge in [-0.1, -0.05) is 5.16 Å². The average molecular weight is 295 g/mol. The zero-order chi connectivity index (χ0) is 16.0. The molecule has 1 atom stereocenters. The molecule has 1 aromatic carbocycles. The zero-order valence-corrected chi connectivity index (χ0v) is 12.7. The molecule has 1 amide bonds. The molecule has 3 N–H and O–H groups in total. The Morgan fingerprint density at radius 2 is 1.86 bits per heavy atom. The minimum absolute atomic E-state index is 0.0744. The first-order valence-electron chi connectivity index (χ1n) is 6.39. The summed E-state index contributed by atoms with van der Waals surface area (Å²) in [4.78, 5) is 14.0. The molecule has 116 valence electrons. The SMILES string of the molecule is COc1cc(OC)cc(C(=O)N(C)C(C)CC(N)=NO)c1. The van der Waals surface area contributed by atoms with Gasteiger partial charge in [-0.2, -0.15) is 0 Å². The Hall–Kier alpha value is -2.44. The van der Waals surface area contributed by atoms with Crippen molar-refractivity contribution in [3.05, 3.63) is 23.8 Å². The van der Waals surface area contributed by atoms with E-state index in [4.69, 9.17) is 20.4 Å². The lowest BCUT2D eigenvalue weighted by Gasteiger charge is -2.25. The molecule has 0 aromatic heterocycles. The predicted octanol–water partition coefficient (Wildman–Crippen LogP) is 1.30. The second kappa shape index (κ2) is 7.37. The lowest BCUT2D eigenvalue weighted by atomic mass is 10.1. The number of hydrogen-bond acceptors (Lipinski definition) is 5. The van der Waals surface area contributed by atoms with Crippen LogP contribution >= 0.6 is 0 Å². The summed E-state index contributed by atoms with van der Waals surface area (Å²) in [6.45, 7) is 1.81. The molecule has 0 fully saturated rings. The van der Waals surface area contributed by atoms with Crippen LogP contribution in [0.15, 0.2) is 23.4 Å². The maximum absolute atomic E-state index is 12.5. The average Bonchev–Trinajstić information content (AvgIpc) is 2.52. The smallest absolute Gasteiger partial charge is 0.254 e. The van der Waals surface area contributed by atoms with Crippen LogP contribution in [0, 0.1) is 0 Å². The van der Waals surface area contributed by atoms with E-state index in [0.717, 1.165) is 0 Å². The Bertz CT molecular complexity index is 509. The van der Waals surface area contributed by atoms with Gasteiger partial charge in [0.1, 0.15) is 17.3 Å². The molecule has 21 heavy (non-hydrogen) atoms. The third kappa shape index (κ3) is 4.27. The van der Waals surface area contributed by atoms with Gasteiger partial charge in [0.2, 0.25) is 0 Å². The molecule has 1 unspecified atom stereocenters. The molecule has 0 aliphatic carbocycles. The molecule has 0 heterocycles. The van der Waals surface area contributed by atoms with Gasteiger partial charge in [-0.25, -0.2) is 0 Å². The molecular formula is C14H21N3O4. The Morgan fingerprint density at radius 1 is 1.33 bits per heavy atom. The summed E-state index contributed by atoms with van der Waals surface area (Å²) >= 11 is 0. The van der Waals surface area contributed by atoms with Crippen LogP contribution in [0.4, 0.5) is 0 Å². The normalized spacial score (nSPS) is 12.7. The highest BCUT2D eigenvalue weighted by Gasteiger charge is 2.20. The van der Waals surface area contributed by atoms with E-state index >= 15 is 0 Å². The van der Waals surface area contributed by atoms with E-state index in [0.29, 0.717) is 17.1 Å². The predicted molar refractivity (Wildman–Crippen MR) is 79.1 cm³/mol. The number of amides is 1. The number of benzene rings is 1. The van der Waals surface area contributed by atoms with Crippen molar-refractivity contribution in [2.45, 2.75) is 19.4 Å². The number of nitrogens with zero attached hydrogens (tertiary/aromatic N) is 2. The standard InChI is InChI=1S/C14H21N3O4/c1-9(5-13(15)16-19)17(2)14(18)10-6-11(20-3)8-12(7-10)21-4/h6-9,19H,5H2,1-4H3,(H2,15,16). The van der Waals surface area contributed by atoms with Gasteiger partial charge in [0.15, 0.2) is 0 Å². The maximum Gasteiger partial charge on any atom is 0.254 e. The molecule has 0 saturated carbocycles. The van der Waals surface area contributed by atoms with E-state index in [1.807, 2.05) is 6.92 Å². The zero-order valence-electron chi connectivity index (χ0n) is 12.7. The van der Waals surface area contributed by atoms with Crippen LogP contribution in [-0.4, -0.2) is 49.2 Å². The largest absolute Gasteiger partial charge is 0.497 e. The Morgan fingerprint density at radius 3 is 2.29 bits per heavy atom. The van der Waals surface area contributed by atoms with E-state index in [-0.39, 0.29) is 24.2 Å². The number of carbonyl (C=O) groups is 1. The Labute approximate surface area is 123 Å². The number of rotatable bonds is 6. The number of oxime groups is 1. The Balaban J connectivity index is 2.96. The number of methoxy groups -OCH3 is 2. The lowest BCUT2D eigenvalue weighted by Crippen LogP contribution is -2.37. The van der Waals surface area contributed by atoms with Gasteiger partial charge in [-0.15, -0.1) is 0 Å². The van der Waals surface area contributed by atoms with Crippen molar-refractivity contribution in [1.29, 1.82) is 0 Å². The summed E-state index contributed by atoms with van der Waals surface area (Å²) in [5, 5.41) is 11.5. The number of ether oxygens (including phenoxy) is 2. The molecule has 0 saturated heterocycles. The molecular weight excluding hydrogens is 274 g/mol. The highest BCUT2D eigenvalue weighted by molar-refractivity contribution is 5.95. The highest BCUT2D eigenvalue weighted by atomic mass is 16.5. The van der Waals surface area contributed by atoms with E-state index in [9.17, 15) is 4.79 Å². The topological polar surface area (TPSA) is 97.4 Å². The number of hydrogen-bond donors (Lipinski definition) is 2. The molecule has 7 nitrogen and oxygen atoms in total. The van der Waals surface area contributed by atoms with Crippen molar-refractivity contribution in [2.75, 3.05) is 21.3 Å². The van der Waals surface area contributed by atoms with Crippen LogP contribution in [-0.2, 0) is 0 Å². The lowest BCUT2D eigenvalue weighted by molar-refractivity contribution is 0.0746. The van der Waals surface area contributed by atoms with Gasteiger partial charge in [0.25, 0.3) is 5.91 Å². The van der Waals surface area contributed by atoms with Crippen LogP contribution in [0.1, 0.15) is 23.7 Å². The molecule has 1 aromatic rings. The molecule has 0 bridgehead atoms. The molecule has 0 spiro atoms. The second-order valence-corrected chi connectivity index (χ2v) is 4.66. The van der Waals surface area contributed by atoms with Gasteiger partial charge >= 0.3 is 0 Å². The van der Waals surface area contributed by atoms with Crippen LogP contribution in [0.2, 0.25) is 0 Å². The second-order valence-electron chi connectivity index (χ2n) is 4.66. The first kappa shape index (κ1) is 16.6. The van der Waals surface area contributed by atoms with E-state index in [2.05, 4.69) is 5.16 Å². The third-order valence-electron chi connectivity index (χ3n) is 3.21. The Kier molecular flexibility index (Phi) is 5.83. The quantitative estimate of drug-likeness (QED) is 0.357. The first-order chi connectivity index (χ1) is 9.92. The van der Waals surface area contributed by atoms with Crippen molar-refractivity contribution in [3.8, 4) is 11.5 Å². The van der Waals surface area contributed by atoms with Crippen LogP contribution in [0.25, 0.3) is 0 Å². The monoisotopic (exact) mass is 295 g/mol. The van der Waals surface area contributed by atoms with Crippen LogP contribution in [0.5, 0.6) is 11.5 Å². The van der Waals surface area contributed by atoms with Crippen molar-refractivity contribution < 1.29 is 19.5 Å². The van der Waals surface area contributed by atoms with Crippen molar-refractivity contribution in [2.24, 2.45) is 10.9 Å². The van der Waals surface area contributed by atoms with Crippen molar-refractivity contribution in [3.63, 3.8) is 0 Å². The number of nitrogens with two attached hydrogens (primary N) is 1. The summed E-state index contributed by atoms with van der Waals surface area (Å²) in [6.07, 6.45) is 0.278. The van der Waals surface area contributed by atoms with E-state index in [1.165, 1.54) is 19.1 Å². The summed E-state index contributed by atoms with van der Waals surface area (Å²) in [5.41, 5.74) is 5.91. The summed E-state index contributed by atoms with van der Waals surface area (Å²) in [5.74, 6) is 0.946. The van der Waals surface area contributed by atoms with E-state index in [1.54, 1.807) is 25.2 Å². The van der Waals surface area contributed by atoms with Gasteiger partial charge in [-0.05, 0) is 19.1 Å². The minimum atomic E-state index is -0.217. The van der Waals surface area contributed by atoms with Gasteiger partial charge < -0.3 is 25.3 Å². The fourth-order valence-electron chi connectivity index (χ4n) is 1.82. The van der Waals surface area contributed by atoms with Gasteiger partial charge in [0.05, 0.1) is 14.2 Å². The molecule has 0 aliphatic rings. The maximum atomic E-state index is 12.5. The number of carbonyl (C=O) groups excluding carboxylic acids is 1. The summed E-state index contributed by atoms with van der Waals surface area (Å²) in [6, 6.07) is 4.75. The molecule has 0 aliphatic heterocycles. The van der Waals surface area contributed by atoms with Gasteiger partial charge in [0, 0.05) is 31.1 Å². The van der Waals surface area contributed by atoms with E-state index < -0.39 is 0 Å². The summed E-state index contributed by atoms with van der Waals surface area (Å²) < 4.78 is 10.3. The first-order valence-corrected chi connectivity index (χ1v) is 6.39. The fraction of sp³-hybridized carbons (Fsp3) is 0.429. The van der Waals surface area contributed by atoms with Gasteiger partial charge in [-0.3, -0.25) is 4.79 Å². The molecule has 7 heteroatoms. The van der Waals surface area contributed by atoms with Crippen LogP contribution in [0.3, 0.4) is 0 Å². The van der Waals surface area contributed by atoms with Crippen molar-refractivity contribution >= 4 is 11.7 Å².